The molecule has 7 heteroatoms. The van der Waals surface area contributed by atoms with Gasteiger partial charge in [0, 0.05) is 36.4 Å². The number of rotatable bonds is 3. The lowest BCUT2D eigenvalue weighted by molar-refractivity contribution is 0.0690. The molecule has 1 aromatic heterocycles. The molecule has 2 fully saturated rings. The minimum Gasteiger partial charge on any atom is -0.477 e. The zero-order chi connectivity index (χ0) is 20.6. The van der Waals surface area contributed by atoms with Gasteiger partial charge in [0.1, 0.15) is 5.69 Å². The van der Waals surface area contributed by atoms with Gasteiger partial charge in [-0.2, -0.15) is 0 Å². The zero-order valence-electron chi connectivity index (χ0n) is 16.3. The summed E-state index contributed by atoms with van der Waals surface area (Å²) in [6.07, 6.45) is 4.97. The highest BCUT2D eigenvalue weighted by molar-refractivity contribution is 6.33. The maximum atomic E-state index is 11.0. The van der Waals surface area contributed by atoms with Crippen molar-refractivity contribution in [2.24, 2.45) is 5.41 Å². The Balaban J connectivity index is 1.44. The van der Waals surface area contributed by atoms with Crippen LogP contribution in [0.15, 0.2) is 36.5 Å². The molecular formula is C22H23ClN4O2. The number of aromatic carboxylic acids is 1. The third-order valence-corrected chi connectivity index (χ3v) is 6.61. The molecule has 2 aliphatic heterocycles. The molecule has 0 saturated carbocycles. The summed E-state index contributed by atoms with van der Waals surface area (Å²) in [5.41, 5.74) is 2.91. The molecule has 29 heavy (non-hydrogen) atoms. The van der Waals surface area contributed by atoms with Crippen LogP contribution in [0, 0.1) is 12.0 Å². The SMILES string of the molecule is [C-]#[N+]c1ccc(N2CC3(CCN(c4ccc(C(=O)O)nc4)CC3)C[C@@H]2C)cc1Cl. The lowest BCUT2D eigenvalue weighted by Crippen LogP contribution is -2.41. The number of anilines is 2. The van der Waals surface area contributed by atoms with Crippen LogP contribution in [-0.2, 0) is 0 Å². The molecule has 2 aliphatic rings. The van der Waals surface area contributed by atoms with Gasteiger partial charge < -0.3 is 14.9 Å². The van der Waals surface area contributed by atoms with Gasteiger partial charge in [0.25, 0.3) is 0 Å². The third-order valence-electron chi connectivity index (χ3n) is 6.31. The Bertz CT molecular complexity index is 962. The minimum atomic E-state index is -1.00. The summed E-state index contributed by atoms with van der Waals surface area (Å²) in [6.45, 7) is 12.3. The topological polar surface area (TPSA) is 61.0 Å². The molecule has 1 N–H and O–H groups in total. The Morgan fingerprint density at radius 2 is 2.00 bits per heavy atom. The van der Waals surface area contributed by atoms with Crippen molar-refractivity contribution < 1.29 is 9.90 Å². The normalized spacial score (nSPS) is 20.7. The quantitative estimate of drug-likeness (QED) is 0.731. The van der Waals surface area contributed by atoms with Crippen LogP contribution in [0.2, 0.25) is 5.02 Å². The molecule has 0 unspecified atom stereocenters. The van der Waals surface area contributed by atoms with Gasteiger partial charge in [-0.15, -0.1) is 0 Å². The summed E-state index contributed by atoms with van der Waals surface area (Å²) in [6, 6.07) is 9.55. The largest absolute Gasteiger partial charge is 0.477 e. The van der Waals surface area contributed by atoms with E-state index in [1.165, 1.54) is 0 Å². The summed E-state index contributed by atoms with van der Waals surface area (Å²) in [4.78, 5) is 23.2. The molecule has 1 spiro atoms. The Morgan fingerprint density at radius 3 is 2.59 bits per heavy atom. The number of hydrogen-bond donors (Lipinski definition) is 1. The maximum absolute atomic E-state index is 11.0. The van der Waals surface area contributed by atoms with E-state index in [0.29, 0.717) is 16.8 Å². The Morgan fingerprint density at radius 1 is 1.28 bits per heavy atom. The second kappa shape index (κ2) is 7.57. The number of carboxylic acid groups (broad SMARTS) is 1. The summed E-state index contributed by atoms with van der Waals surface area (Å²) >= 11 is 6.26. The molecule has 0 bridgehead atoms. The molecule has 6 nitrogen and oxygen atoms in total. The van der Waals surface area contributed by atoms with Crippen LogP contribution < -0.4 is 9.80 Å². The first kappa shape index (κ1) is 19.5. The number of benzene rings is 1. The summed E-state index contributed by atoms with van der Waals surface area (Å²) in [5.74, 6) is -1.00. The first-order valence-corrected chi connectivity index (χ1v) is 10.2. The Labute approximate surface area is 175 Å². The predicted octanol–water partition coefficient (Wildman–Crippen LogP) is 4.87. The molecule has 3 heterocycles. The van der Waals surface area contributed by atoms with Crippen molar-refractivity contribution in [1.29, 1.82) is 0 Å². The van der Waals surface area contributed by atoms with E-state index in [1.54, 1.807) is 18.3 Å². The van der Waals surface area contributed by atoms with Crippen molar-refractivity contribution in [3.05, 3.63) is 58.7 Å². The van der Waals surface area contributed by atoms with E-state index in [1.807, 2.05) is 18.2 Å². The van der Waals surface area contributed by atoms with Crippen molar-refractivity contribution in [3.63, 3.8) is 0 Å². The van der Waals surface area contributed by atoms with E-state index in [-0.39, 0.29) is 11.1 Å². The fourth-order valence-corrected chi connectivity index (χ4v) is 4.95. The van der Waals surface area contributed by atoms with Crippen LogP contribution in [0.1, 0.15) is 36.7 Å². The van der Waals surface area contributed by atoms with Crippen LogP contribution >= 0.6 is 11.6 Å². The van der Waals surface area contributed by atoms with Gasteiger partial charge in [-0.1, -0.05) is 17.7 Å². The monoisotopic (exact) mass is 410 g/mol. The average Bonchev–Trinajstić information content (AvgIpc) is 3.04. The van der Waals surface area contributed by atoms with Crippen LogP contribution in [-0.4, -0.2) is 41.7 Å². The molecule has 150 valence electrons. The lowest BCUT2D eigenvalue weighted by atomic mass is 9.76. The number of hydrogen-bond acceptors (Lipinski definition) is 4. The molecule has 4 rings (SSSR count). The fourth-order valence-electron chi connectivity index (χ4n) is 4.73. The predicted molar refractivity (Wildman–Crippen MR) is 114 cm³/mol. The van der Waals surface area contributed by atoms with Crippen molar-refractivity contribution >= 4 is 34.6 Å². The molecule has 1 atom stereocenters. The highest BCUT2D eigenvalue weighted by atomic mass is 35.5. The molecule has 0 amide bonds. The van der Waals surface area contributed by atoms with Crippen molar-refractivity contribution in [2.75, 3.05) is 29.4 Å². The number of carboxylic acids is 1. The lowest BCUT2D eigenvalue weighted by Gasteiger charge is -2.40. The smallest absolute Gasteiger partial charge is 0.354 e. The van der Waals surface area contributed by atoms with E-state index in [4.69, 9.17) is 23.3 Å². The minimum absolute atomic E-state index is 0.0744. The van der Waals surface area contributed by atoms with Gasteiger partial charge in [0.15, 0.2) is 0 Å². The Hall–Kier alpha value is -2.78. The number of aromatic nitrogens is 1. The highest BCUT2D eigenvalue weighted by Gasteiger charge is 2.44. The second-order valence-electron chi connectivity index (χ2n) is 8.12. The van der Waals surface area contributed by atoms with Gasteiger partial charge in [-0.3, -0.25) is 0 Å². The van der Waals surface area contributed by atoms with E-state index in [2.05, 4.69) is 26.6 Å². The molecular weight excluding hydrogens is 388 g/mol. The molecule has 2 saturated heterocycles. The van der Waals surface area contributed by atoms with Gasteiger partial charge >= 0.3 is 5.97 Å². The molecule has 0 aliphatic carbocycles. The van der Waals surface area contributed by atoms with Crippen LogP contribution in [0.5, 0.6) is 0 Å². The summed E-state index contributed by atoms with van der Waals surface area (Å²) in [5, 5.41) is 9.52. The number of carbonyl (C=O) groups is 1. The van der Waals surface area contributed by atoms with Crippen molar-refractivity contribution in [2.45, 2.75) is 32.2 Å². The van der Waals surface area contributed by atoms with Gasteiger partial charge in [0.2, 0.25) is 5.69 Å². The molecule has 1 aromatic carbocycles. The average molecular weight is 411 g/mol. The van der Waals surface area contributed by atoms with Crippen LogP contribution in [0.3, 0.4) is 0 Å². The van der Waals surface area contributed by atoms with E-state index in [0.717, 1.165) is 50.3 Å². The van der Waals surface area contributed by atoms with E-state index in [9.17, 15) is 4.79 Å². The maximum Gasteiger partial charge on any atom is 0.354 e. The van der Waals surface area contributed by atoms with Gasteiger partial charge in [0.05, 0.1) is 18.5 Å². The zero-order valence-corrected chi connectivity index (χ0v) is 17.1. The number of pyridine rings is 1. The highest BCUT2D eigenvalue weighted by Crippen LogP contribution is 2.46. The van der Waals surface area contributed by atoms with Crippen LogP contribution in [0.4, 0.5) is 17.1 Å². The van der Waals surface area contributed by atoms with Crippen molar-refractivity contribution in [3.8, 4) is 0 Å². The first-order chi connectivity index (χ1) is 13.9. The third kappa shape index (κ3) is 3.75. The number of nitrogens with zero attached hydrogens (tertiary/aromatic N) is 4. The van der Waals surface area contributed by atoms with Crippen LogP contribution in [0.25, 0.3) is 4.85 Å². The molecule has 2 aromatic rings. The van der Waals surface area contributed by atoms with E-state index >= 15 is 0 Å². The van der Waals surface area contributed by atoms with E-state index < -0.39 is 5.97 Å². The summed E-state index contributed by atoms with van der Waals surface area (Å²) in [7, 11) is 0. The number of piperidine rings is 1. The summed E-state index contributed by atoms with van der Waals surface area (Å²) < 4.78 is 0. The first-order valence-electron chi connectivity index (χ1n) is 9.79. The Kier molecular flexibility index (Phi) is 5.10. The molecule has 0 radical (unpaired) electrons. The van der Waals surface area contributed by atoms with Gasteiger partial charge in [-0.25, -0.2) is 14.6 Å². The number of halogens is 1. The van der Waals surface area contributed by atoms with Gasteiger partial charge in [-0.05, 0) is 55.9 Å². The van der Waals surface area contributed by atoms with Crippen molar-refractivity contribution in [1.82, 2.24) is 4.98 Å². The second-order valence-corrected chi connectivity index (χ2v) is 8.53. The fraction of sp³-hybridized carbons (Fsp3) is 0.409. The standard InChI is InChI=1S/C22H23ClN4O2/c1-15-12-22(14-27(15)16-3-5-19(24-2)18(23)11-16)7-9-26(10-8-22)17-4-6-20(21(28)29)25-13-17/h3-6,11,13,15H,7-10,12,14H2,1H3,(H,28,29)/t15-/m0/s1.